The summed E-state index contributed by atoms with van der Waals surface area (Å²) < 4.78 is 5.74. The minimum Gasteiger partial charge on any atom is -0.493 e. The summed E-state index contributed by atoms with van der Waals surface area (Å²) in [4.78, 5) is 10.4. The Morgan fingerprint density at radius 3 is 2.85 bits per heavy atom. The first kappa shape index (κ1) is 16.8. The summed E-state index contributed by atoms with van der Waals surface area (Å²) in [5.41, 5.74) is 0.941. The normalized spacial score (nSPS) is 10.5. The number of hydrogen-bond donors (Lipinski definition) is 1. The number of benzene rings is 1. The lowest BCUT2D eigenvalue weighted by Crippen LogP contribution is -2.13. The van der Waals surface area contributed by atoms with Crippen LogP contribution < -0.4 is 10.1 Å². The Morgan fingerprint density at radius 1 is 1.40 bits per heavy atom. The van der Waals surface area contributed by atoms with Gasteiger partial charge in [0.25, 0.3) is 5.69 Å². The first-order valence-electron chi connectivity index (χ1n) is 6.87. The summed E-state index contributed by atoms with van der Waals surface area (Å²) in [7, 11) is 0. The van der Waals surface area contributed by atoms with Gasteiger partial charge in [0.1, 0.15) is 5.75 Å². The summed E-state index contributed by atoms with van der Waals surface area (Å²) in [5.74, 6) is 2.92. The lowest BCUT2D eigenvalue weighted by atomic mass is 10.1. The van der Waals surface area contributed by atoms with E-state index in [-0.39, 0.29) is 10.6 Å². The molecule has 112 valence electrons. The van der Waals surface area contributed by atoms with Crippen LogP contribution in [0.1, 0.15) is 25.8 Å². The number of nitro benzene ring substituents is 1. The molecule has 0 saturated heterocycles. The van der Waals surface area contributed by atoms with E-state index in [9.17, 15) is 10.1 Å². The molecule has 0 saturated carbocycles. The predicted molar refractivity (Wildman–Crippen MR) is 83.6 cm³/mol. The lowest BCUT2D eigenvalue weighted by molar-refractivity contribution is -0.384. The van der Waals surface area contributed by atoms with Gasteiger partial charge in [-0.25, -0.2) is 0 Å². The van der Waals surface area contributed by atoms with Gasteiger partial charge in [-0.15, -0.1) is 0 Å². The zero-order valence-corrected chi connectivity index (χ0v) is 12.9. The van der Waals surface area contributed by atoms with Crippen LogP contribution in [0.15, 0.2) is 18.2 Å². The number of nitrogens with one attached hydrogen (secondary N) is 1. The van der Waals surface area contributed by atoms with E-state index in [0.717, 1.165) is 35.8 Å². The molecule has 0 radical (unpaired) electrons. The van der Waals surface area contributed by atoms with Gasteiger partial charge in [0.15, 0.2) is 0 Å². The number of nitro groups is 1. The molecule has 0 heterocycles. The highest BCUT2D eigenvalue weighted by Crippen LogP contribution is 2.24. The van der Waals surface area contributed by atoms with E-state index in [2.05, 4.69) is 12.2 Å². The molecule has 0 bridgehead atoms. The molecule has 0 aliphatic heterocycles. The van der Waals surface area contributed by atoms with E-state index in [1.807, 2.05) is 18.7 Å². The minimum atomic E-state index is -0.378. The van der Waals surface area contributed by atoms with Crippen LogP contribution in [0, 0.1) is 10.1 Å². The molecule has 5 nitrogen and oxygen atoms in total. The fraction of sp³-hybridized carbons (Fsp3) is 0.571. The van der Waals surface area contributed by atoms with Crippen LogP contribution in [0.2, 0.25) is 0 Å². The van der Waals surface area contributed by atoms with Crippen molar-refractivity contribution in [1.82, 2.24) is 5.32 Å². The van der Waals surface area contributed by atoms with Crippen molar-refractivity contribution in [3.8, 4) is 5.75 Å². The minimum absolute atomic E-state index is 0.104. The maximum atomic E-state index is 10.8. The molecule has 0 amide bonds. The monoisotopic (exact) mass is 298 g/mol. The van der Waals surface area contributed by atoms with Crippen LogP contribution in [0.5, 0.6) is 5.75 Å². The molecule has 6 heteroatoms. The van der Waals surface area contributed by atoms with Crippen LogP contribution in [-0.2, 0) is 6.54 Å². The summed E-state index contributed by atoms with van der Waals surface area (Å²) in [6, 6.07) is 4.77. The maximum Gasteiger partial charge on any atom is 0.270 e. The number of nitrogens with zero attached hydrogens (tertiary/aromatic N) is 1. The van der Waals surface area contributed by atoms with Gasteiger partial charge in [-0.1, -0.05) is 13.8 Å². The van der Waals surface area contributed by atoms with Crippen LogP contribution in [0.3, 0.4) is 0 Å². The fourth-order valence-electron chi connectivity index (χ4n) is 1.71. The molecule has 0 unspecified atom stereocenters. The topological polar surface area (TPSA) is 64.4 Å². The first-order chi connectivity index (χ1) is 9.69. The molecule has 20 heavy (non-hydrogen) atoms. The third-order valence-corrected chi connectivity index (χ3v) is 3.70. The van der Waals surface area contributed by atoms with E-state index in [4.69, 9.17) is 4.74 Å². The quantitative estimate of drug-likeness (QED) is 0.408. The van der Waals surface area contributed by atoms with Gasteiger partial charge < -0.3 is 10.1 Å². The second-order valence-electron chi connectivity index (χ2n) is 4.23. The predicted octanol–water partition coefficient (Wildman–Crippen LogP) is 3.23. The number of hydrogen-bond acceptors (Lipinski definition) is 5. The van der Waals surface area contributed by atoms with Gasteiger partial charge in [0.05, 0.1) is 11.5 Å². The molecule has 0 aliphatic carbocycles. The van der Waals surface area contributed by atoms with Gasteiger partial charge >= 0.3 is 0 Å². The number of ether oxygens (including phenoxy) is 1. The van der Waals surface area contributed by atoms with E-state index in [0.29, 0.717) is 13.2 Å². The summed E-state index contributed by atoms with van der Waals surface area (Å²) in [5, 5.41) is 14.0. The zero-order chi connectivity index (χ0) is 14.8. The van der Waals surface area contributed by atoms with E-state index in [1.54, 1.807) is 12.1 Å². The van der Waals surface area contributed by atoms with Crippen molar-refractivity contribution in [2.75, 3.05) is 24.7 Å². The summed E-state index contributed by atoms with van der Waals surface area (Å²) >= 11 is 1.89. The molecule has 0 aliphatic rings. The second kappa shape index (κ2) is 9.61. The van der Waals surface area contributed by atoms with Crippen molar-refractivity contribution in [2.24, 2.45) is 0 Å². The Balaban J connectivity index is 2.64. The number of non-ortho nitro benzene ring substituents is 1. The van der Waals surface area contributed by atoms with Crippen molar-refractivity contribution < 1.29 is 9.66 Å². The standard InChI is InChI=1S/C14H22N2O3S/c1-3-15-11-12-10-13(16(17)18)6-7-14(12)19-8-5-9-20-4-2/h6-7,10,15H,3-5,8-9,11H2,1-2H3. The van der Waals surface area contributed by atoms with Crippen molar-refractivity contribution in [3.05, 3.63) is 33.9 Å². The molecule has 1 N–H and O–H groups in total. The Labute approximate surface area is 124 Å². The Bertz CT molecular complexity index is 427. The van der Waals surface area contributed by atoms with Crippen LogP contribution in [0.25, 0.3) is 0 Å². The van der Waals surface area contributed by atoms with Crippen molar-refractivity contribution >= 4 is 17.4 Å². The highest BCUT2D eigenvalue weighted by Gasteiger charge is 2.11. The van der Waals surface area contributed by atoms with Crippen molar-refractivity contribution in [1.29, 1.82) is 0 Å². The third-order valence-electron chi connectivity index (χ3n) is 2.72. The summed E-state index contributed by atoms with van der Waals surface area (Å²) in [6.45, 7) is 6.17. The number of rotatable bonds is 10. The Kier molecular flexibility index (Phi) is 8.06. The average molecular weight is 298 g/mol. The maximum absolute atomic E-state index is 10.8. The van der Waals surface area contributed by atoms with Crippen LogP contribution in [-0.4, -0.2) is 29.6 Å². The van der Waals surface area contributed by atoms with Crippen LogP contribution >= 0.6 is 11.8 Å². The van der Waals surface area contributed by atoms with Gasteiger partial charge in [0, 0.05) is 24.2 Å². The first-order valence-corrected chi connectivity index (χ1v) is 8.03. The highest BCUT2D eigenvalue weighted by atomic mass is 32.2. The number of thioether (sulfide) groups is 1. The van der Waals surface area contributed by atoms with E-state index in [1.165, 1.54) is 6.07 Å². The molecule has 0 atom stereocenters. The van der Waals surface area contributed by atoms with Gasteiger partial charge in [-0.05, 0) is 30.5 Å². The molecule has 1 aromatic carbocycles. The lowest BCUT2D eigenvalue weighted by Gasteiger charge is -2.11. The molecule has 1 rings (SSSR count). The molecule has 0 spiro atoms. The second-order valence-corrected chi connectivity index (χ2v) is 5.62. The molecule has 0 fully saturated rings. The molecule has 1 aromatic rings. The largest absolute Gasteiger partial charge is 0.493 e. The van der Waals surface area contributed by atoms with Gasteiger partial charge in [-0.3, -0.25) is 10.1 Å². The molecular weight excluding hydrogens is 276 g/mol. The average Bonchev–Trinajstić information content (AvgIpc) is 2.45. The van der Waals surface area contributed by atoms with Gasteiger partial charge in [0.2, 0.25) is 0 Å². The molecular formula is C14H22N2O3S. The van der Waals surface area contributed by atoms with Crippen LogP contribution in [0.4, 0.5) is 5.69 Å². The SMILES string of the molecule is CCNCc1cc([N+](=O)[O-])ccc1OCCCSCC. The summed E-state index contributed by atoms with van der Waals surface area (Å²) in [6.07, 6.45) is 0.982. The smallest absolute Gasteiger partial charge is 0.270 e. The van der Waals surface area contributed by atoms with Crippen molar-refractivity contribution in [2.45, 2.75) is 26.8 Å². The molecule has 0 aromatic heterocycles. The Hall–Kier alpha value is -1.27. The van der Waals surface area contributed by atoms with Crippen molar-refractivity contribution in [3.63, 3.8) is 0 Å². The Morgan fingerprint density at radius 2 is 2.20 bits per heavy atom. The van der Waals surface area contributed by atoms with Gasteiger partial charge in [-0.2, -0.15) is 11.8 Å². The third kappa shape index (κ3) is 5.79. The zero-order valence-electron chi connectivity index (χ0n) is 12.1. The fourth-order valence-corrected chi connectivity index (χ4v) is 2.32. The van der Waals surface area contributed by atoms with E-state index >= 15 is 0 Å². The highest BCUT2D eigenvalue weighted by molar-refractivity contribution is 7.99. The van der Waals surface area contributed by atoms with E-state index < -0.39 is 0 Å².